The van der Waals surface area contributed by atoms with E-state index in [9.17, 15) is 0 Å². The van der Waals surface area contributed by atoms with E-state index in [1.165, 1.54) is 0 Å². The number of nitrogens with zero attached hydrogens (tertiary/aromatic N) is 2. The molecule has 1 saturated carbocycles. The van der Waals surface area contributed by atoms with E-state index in [1.54, 1.807) is 7.11 Å². The van der Waals surface area contributed by atoms with Crippen LogP contribution in [0.1, 0.15) is 38.9 Å². The fourth-order valence-electron chi connectivity index (χ4n) is 2.50. The second kappa shape index (κ2) is 6.70. The molecule has 1 fully saturated rings. The molecule has 1 aromatic rings. The van der Waals surface area contributed by atoms with Gasteiger partial charge in [-0.3, -0.25) is 0 Å². The van der Waals surface area contributed by atoms with Gasteiger partial charge >= 0.3 is 0 Å². The number of aromatic nitrogens is 2. The highest BCUT2D eigenvalue weighted by Gasteiger charge is 2.24. The van der Waals surface area contributed by atoms with Crippen molar-refractivity contribution < 1.29 is 4.74 Å². The minimum Gasteiger partial charge on any atom is -0.381 e. The van der Waals surface area contributed by atoms with Gasteiger partial charge in [0, 0.05) is 32.2 Å². The largest absolute Gasteiger partial charge is 0.381 e. The summed E-state index contributed by atoms with van der Waals surface area (Å²) in [4.78, 5) is 9.01. The van der Waals surface area contributed by atoms with Crippen molar-refractivity contribution in [2.75, 3.05) is 24.3 Å². The average molecular weight is 264 g/mol. The molecule has 0 amide bonds. The molecule has 1 aromatic heterocycles. The summed E-state index contributed by atoms with van der Waals surface area (Å²) in [5.74, 6) is 2.70. The van der Waals surface area contributed by atoms with Gasteiger partial charge in [-0.25, -0.2) is 9.97 Å². The van der Waals surface area contributed by atoms with Gasteiger partial charge in [0.2, 0.25) is 0 Å². The van der Waals surface area contributed by atoms with Gasteiger partial charge in [-0.05, 0) is 26.2 Å². The Labute approximate surface area is 115 Å². The monoisotopic (exact) mass is 264 g/mol. The maximum atomic E-state index is 5.40. The predicted octanol–water partition coefficient (Wildman–Crippen LogP) is 2.45. The molecular formula is C14H24N4O. The van der Waals surface area contributed by atoms with E-state index in [2.05, 4.69) is 34.4 Å². The minimum atomic E-state index is 0.387. The number of hydrogen-bond donors (Lipinski definition) is 2. The second-order valence-electron chi connectivity index (χ2n) is 4.95. The molecule has 5 nitrogen and oxygen atoms in total. The lowest BCUT2D eigenvalue weighted by Gasteiger charge is -2.15. The molecule has 19 heavy (non-hydrogen) atoms. The van der Waals surface area contributed by atoms with Crippen LogP contribution in [0.5, 0.6) is 0 Å². The molecule has 2 atom stereocenters. The van der Waals surface area contributed by atoms with E-state index in [4.69, 9.17) is 4.74 Å². The number of anilines is 2. The lowest BCUT2D eigenvalue weighted by atomic mass is 10.2. The Morgan fingerprint density at radius 1 is 1.26 bits per heavy atom. The lowest BCUT2D eigenvalue weighted by molar-refractivity contribution is 0.108. The molecule has 1 heterocycles. The smallest absolute Gasteiger partial charge is 0.132 e. The third kappa shape index (κ3) is 3.80. The third-order valence-electron chi connectivity index (χ3n) is 3.52. The van der Waals surface area contributed by atoms with Crippen molar-refractivity contribution in [2.24, 2.45) is 0 Å². The molecule has 1 aliphatic carbocycles. The van der Waals surface area contributed by atoms with Crippen molar-refractivity contribution in [3.05, 3.63) is 11.9 Å². The molecule has 0 aromatic carbocycles. The Hall–Kier alpha value is -1.36. The lowest BCUT2D eigenvalue weighted by Crippen LogP contribution is -2.19. The van der Waals surface area contributed by atoms with E-state index in [0.717, 1.165) is 49.7 Å². The number of ether oxygens (including phenoxy) is 1. The summed E-state index contributed by atoms with van der Waals surface area (Å²) in [6, 6.07) is 2.45. The maximum absolute atomic E-state index is 5.40. The highest BCUT2D eigenvalue weighted by Crippen LogP contribution is 2.24. The van der Waals surface area contributed by atoms with Gasteiger partial charge in [0.05, 0.1) is 6.10 Å². The number of rotatable bonds is 6. The normalized spacial score (nSPS) is 22.5. The first-order chi connectivity index (χ1) is 9.25. The highest BCUT2D eigenvalue weighted by molar-refractivity contribution is 5.48. The minimum absolute atomic E-state index is 0.387. The van der Waals surface area contributed by atoms with E-state index in [-0.39, 0.29) is 0 Å². The zero-order valence-corrected chi connectivity index (χ0v) is 12.1. The van der Waals surface area contributed by atoms with Crippen molar-refractivity contribution in [1.82, 2.24) is 9.97 Å². The zero-order valence-electron chi connectivity index (χ0n) is 12.1. The first kappa shape index (κ1) is 14.1. The van der Waals surface area contributed by atoms with Gasteiger partial charge in [-0.1, -0.05) is 6.92 Å². The van der Waals surface area contributed by atoms with Crippen LogP contribution < -0.4 is 10.6 Å². The molecule has 5 heteroatoms. The summed E-state index contributed by atoms with van der Waals surface area (Å²) < 4.78 is 5.40. The fourth-order valence-corrected chi connectivity index (χ4v) is 2.50. The molecule has 2 rings (SSSR count). The summed E-state index contributed by atoms with van der Waals surface area (Å²) in [6.45, 7) is 5.02. The first-order valence-electron chi connectivity index (χ1n) is 7.16. The Balaban J connectivity index is 2.04. The summed E-state index contributed by atoms with van der Waals surface area (Å²) in [5.41, 5.74) is 0. The van der Waals surface area contributed by atoms with Crippen molar-refractivity contribution in [2.45, 2.75) is 51.7 Å². The van der Waals surface area contributed by atoms with Crippen LogP contribution in [0, 0.1) is 0 Å². The highest BCUT2D eigenvalue weighted by atomic mass is 16.5. The van der Waals surface area contributed by atoms with Crippen molar-refractivity contribution in [3.8, 4) is 0 Å². The summed E-state index contributed by atoms with van der Waals surface area (Å²) >= 11 is 0. The quantitative estimate of drug-likeness (QED) is 0.826. The molecule has 1 aliphatic rings. The van der Waals surface area contributed by atoms with E-state index in [0.29, 0.717) is 12.1 Å². The van der Waals surface area contributed by atoms with Crippen LogP contribution >= 0.6 is 0 Å². The second-order valence-corrected chi connectivity index (χ2v) is 4.95. The number of hydrogen-bond acceptors (Lipinski definition) is 5. The van der Waals surface area contributed by atoms with Gasteiger partial charge < -0.3 is 15.4 Å². The standard InChI is InChI=1S/C14H24N4O/c1-4-12-17-13(15-5-2)9-14(18-12)16-10-6-7-11(8-10)19-3/h9-11H,4-8H2,1-3H3,(H2,15,16,17,18). The molecule has 2 N–H and O–H groups in total. The number of nitrogens with one attached hydrogen (secondary N) is 2. The molecule has 0 saturated heterocycles. The van der Waals surface area contributed by atoms with Crippen LogP contribution in [-0.4, -0.2) is 35.8 Å². The van der Waals surface area contributed by atoms with Crippen LogP contribution in [0.15, 0.2) is 6.07 Å². The number of methoxy groups -OCH3 is 1. The summed E-state index contributed by atoms with van der Waals surface area (Å²) in [7, 11) is 1.79. The molecule has 0 radical (unpaired) electrons. The average Bonchev–Trinajstić information content (AvgIpc) is 2.86. The van der Waals surface area contributed by atoms with E-state index in [1.807, 2.05) is 6.07 Å². The summed E-state index contributed by atoms with van der Waals surface area (Å²) in [6.07, 6.45) is 4.55. The molecule has 2 unspecified atom stereocenters. The van der Waals surface area contributed by atoms with Gasteiger partial charge in [-0.2, -0.15) is 0 Å². The molecule has 0 bridgehead atoms. The number of aryl methyl sites for hydroxylation is 1. The molecular weight excluding hydrogens is 240 g/mol. The zero-order chi connectivity index (χ0) is 13.7. The fraction of sp³-hybridized carbons (Fsp3) is 0.714. The van der Waals surface area contributed by atoms with Crippen LogP contribution in [0.25, 0.3) is 0 Å². The van der Waals surface area contributed by atoms with Gasteiger partial charge in [-0.15, -0.1) is 0 Å². The van der Waals surface area contributed by atoms with Gasteiger partial charge in [0.15, 0.2) is 0 Å². The maximum Gasteiger partial charge on any atom is 0.132 e. The third-order valence-corrected chi connectivity index (χ3v) is 3.52. The van der Waals surface area contributed by atoms with Crippen molar-refractivity contribution >= 4 is 11.6 Å². The Morgan fingerprint density at radius 2 is 2.05 bits per heavy atom. The topological polar surface area (TPSA) is 59.1 Å². The molecule has 0 aliphatic heterocycles. The Morgan fingerprint density at radius 3 is 2.68 bits per heavy atom. The first-order valence-corrected chi connectivity index (χ1v) is 7.16. The molecule has 0 spiro atoms. The SMILES string of the molecule is CCNc1cc(NC2CCC(OC)C2)nc(CC)n1. The molecule has 106 valence electrons. The van der Waals surface area contributed by atoms with Crippen LogP contribution in [-0.2, 0) is 11.2 Å². The van der Waals surface area contributed by atoms with Crippen LogP contribution in [0.2, 0.25) is 0 Å². The van der Waals surface area contributed by atoms with E-state index >= 15 is 0 Å². The van der Waals surface area contributed by atoms with Crippen molar-refractivity contribution in [3.63, 3.8) is 0 Å². The van der Waals surface area contributed by atoms with Crippen LogP contribution in [0.3, 0.4) is 0 Å². The predicted molar refractivity (Wildman–Crippen MR) is 77.6 cm³/mol. The van der Waals surface area contributed by atoms with Crippen molar-refractivity contribution in [1.29, 1.82) is 0 Å². The van der Waals surface area contributed by atoms with Gasteiger partial charge in [0.25, 0.3) is 0 Å². The summed E-state index contributed by atoms with van der Waals surface area (Å²) in [5, 5.41) is 6.76. The van der Waals surface area contributed by atoms with E-state index < -0.39 is 0 Å². The Bertz CT molecular complexity index is 410. The Kier molecular flexibility index (Phi) is 4.96. The van der Waals surface area contributed by atoms with Crippen LogP contribution in [0.4, 0.5) is 11.6 Å². The van der Waals surface area contributed by atoms with Gasteiger partial charge in [0.1, 0.15) is 17.5 Å².